The highest BCUT2D eigenvalue weighted by Crippen LogP contribution is 2.37. The zero-order valence-electron chi connectivity index (χ0n) is 24.6. The maximum absolute atomic E-state index is 13.2. The van der Waals surface area contributed by atoms with Crippen molar-refractivity contribution in [2.75, 3.05) is 82.4 Å². The Hall–Kier alpha value is -3.15. The van der Waals surface area contributed by atoms with E-state index in [0.717, 1.165) is 61.6 Å². The fraction of sp³-hybridized carbons (Fsp3) is 0.548. The highest BCUT2D eigenvalue weighted by molar-refractivity contribution is 7.89. The topological polar surface area (TPSA) is 91.3 Å². The second-order valence-electron chi connectivity index (χ2n) is 11.4. The number of ether oxygens (including phenoxy) is 2. The van der Waals surface area contributed by atoms with E-state index in [-0.39, 0.29) is 0 Å². The number of anilines is 2. The number of sulfonamides is 1. The van der Waals surface area contributed by atoms with Gasteiger partial charge in [-0.05, 0) is 63.4 Å². The summed E-state index contributed by atoms with van der Waals surface area (Å²) in [6.45, 7) is 7.75. The van der Waals surface area contributed by atoms with Crippen LogP contribution in [0.1, 0.15) is 38.5 Å². The molecule has 4 heterocycles. The maximum atomic E-state index is 13.2. The van der Waals surface area contributed by atoms with Gasteiger partial charge in [0, 0.05) is 57.3 Å². The fourth-order valence-electron chi connectivity index (χ4n) is 6.22. The molecule has 3 aromatic rings. The molecule has 0 bridgehead atoms. The standard InChI is InChI=1S/C31H42N6O4S/c1-40-28-23-26-27(24-29(28)41-22-10-15-34-13-6-3-7-14-34)32-31(36-16-8-9-17-36)33-30(26)35-18-20-37(21-19-35)42(38,39)25-11-4-2-5-12-25/h2,4-5,11-12,23-24H,3,6-10,13-22H2,1H3. The largest absolute Gasteiger partial charge is 0.493 e. The van der Waals surface area contributed by atoms with E-state index in [1.165, 1.54) is 32.4 Å². The molecule has 3 aliphatic heterocycles. The second-order valence-corrected chi connectivity index (χ2v) is 13.3. The lowest BCUT2D eigenvalue weighted by Crippen LogP contribution is -2.49. The Morgan fingerprint density at radius 2 is 1.50 bits per heavy atom. The van der Waals surface area contributed by atoms with Crippen molar-refractivity contribution >= 4 is 32.7 Å². The van der Waals surface area contributed by atoms with Crippen LogP contribution in [0.5, 0.6) is 11.5 Å². The maximum Gasteiger partial charge on any atom is 0.243 e. The van der Waals surface area contributed by atoms with Gasteiger partial charge in [-0.15, -0.1) is 0 Å². The molecule has 0 saturated carbocycles. The van der Waals surface area contributed by atoms with Gasteiger partial charge in [0.1, 0.15) is 5.82 Å². The van der Waals surface area contributed by atoms with Crippen molar-refractivity contribution in [1.29, 1.82) is 0 Å². The van der Waals surface area contributed by atoms with Crippen LogP contribution in [0, 0.1) is 0 Å². The molecule has 0 amide bonds. The molecule has 1 aromatic heterocycles. The van der Waals surface area contributed by atoms with Crippen LogP contribution in [-0.4, -0.2) is 100 Å². The van der Waals surface area contributed by atoms with E-state index in [0.29, 0.717) is 49.2 Å². The number of rotatable bonds is 10. The summed E-state index contributed by atoms with van der Waals surface area (Å²) in [6.07, 6.45) is 7.14. The first-order valence-electron chi connectivity index (χ1n) is 15.3. The number of hydrogen-bond acceptors (Lipinski definition) is 9. The monoisotopic (exact) mass is 594 g/mol. The Bertz CT molecular complexity index is 1450. The van der Waals surface area contributed by atoms with Crippen LogP contribution in [-0.2, 0) is 10.0 Å². The highest BCUT2D eigenvalue weighted by Gasteiger charge is 2.30. The first-order chi connectivity index (χ1) is 20.5. The van der Waals surface area contributed by atoms with E-state index in [1.54, 1.807) is 35.7 Å². The number of fused-ring (bicyclic) bond motifs is 1. The number of methoxy groups -OCH3 is 1. The van der Waals surface area contributed by atoms with E-state index in [1.807, 2.05) is 18.2 Å². The first kappa shape index (κ1) is 28.9. The van der Waals surface area contributed by atoms with Gasteiger partial charge in [-0.3, -0.25) is 0 Å². The number of piperazine rings is 1. The zero-order chi connectivity index (χ0) is 28.9. The Balaban J connectivity index is 1.23. The molecule has 3 saturated heterocycles. The Kier molecular flexibility index (Phi) is 8.97. The quantitative estimate of drug-likeness (QED) is 0.323. The van der Waals surface area contributed by atoms with Gasteiger partial charge in [0.2, 0.25) is 16.0 Å². The molecule has 10 nitrogen and oxygen atoms in total. The van der Waals surface area contributed by atoms with E-state index in [2.05, 4.69) is 14.7 Å². The van der Waals surface area contributed by atoms with Crippen LogP contribution in [0.3, 0.4) is 0 Å². The third-order valence-corrected chi connectivity index (χ3v) is 10.5. The predicted molar refractivity (Wildman–Crippen MR) is 165 cm³/mol. The van der Waals surface area contributed by atoms with Crippen LogP contribution < -0.4 is 19.3 Å². The molecule has 0 spiro atoms. The lowest BCUT2D eigenvalue weighted by Gasteiger charge is -2.35. The number of nitrogens with zero attached hydrogens (tertiary/aromatic N) is 6. The third-order valence-electron chi connectivity index (χ3n) is 8.58. The molecule has 0 aliphatic carbocycles. The van der Waals surface area contributed by atoms with Crippen molar-refractivity contribution in [2.24, 2.45) is 0 Å². The lowest BCUT2D eigenvalue weighted by atomic mass is 10.1. The number of piperidine rings is 1. The molecule has 2 aromatic carbocycles. The molecular weight excluding hydrogens is 552 g/mol. The van der Waals surface area contributed by atoms with Crippen molar-refractivity contribution in [3.63, 3.8) is 0 Å². The fourth-order valence-corrected chi connectivity index (χ4v) is 7.66. The van der Waals surface area contributed by atoms with Gasteiger partial charge in [-0.1, -0.05) is 24.6 Å². The van der Waals surface area contributed by atoms with E-state index < -0.39 is 10.0 Å². The molecule has 11 heteroatoms. The summed E-state index contributed by atoms with van der Waals surface area (Å²) < 4.78 is 40.1. The molecular formula is C31H42N6O4S. The van der Waals surface area contributed by atoms with Crippen molar-refractivity contribution in [3.05, 3.63) is 42.5 Å². The number of hydrogen-bond donors (Lipinski definition) is 0. The van der Waals surface area contributed by atoms with Gasteiger partial charge >= 0.3 is 0 Å². The van der Waals surface area contributed by atoms with Crippen LogP contribution in [0.4, 0.5) is 11.8 Å². The molecule has 0 radical (unpaired) electrons. The van der Waals surface area contributed by atoms with Gasteiger partial charge in [-0.25, -0.2) is 13.4 Å². The van der Waals surface area contributed by atoms with Crippen molar-refractivity contribution in [2.45, 2.75) is 43.4 Å². The van der Waals surface area contributed by atoms with Gasteiger partial charge < -0.3 is 24.2 Å². The van der Waals surface area contributed by atoms with E-state index in [9.17, 15) is 8.42 Å². The van der Waals surface area contributed by atoms with Crippen molar-refractivity contribution in [3.8, 4) is 11.5 Å². The van der Waals surface area contributed by atoms with Gasteiger partial charge in [-0.2, -0.15) is 9.29 Å². The third kappa shape index (κ3) is 6.28. The Morgan fingerprint density at radius 3 is 2.21 bits per heavy atom. The SMILES string of the molecule is COc1cc2c(N3CCN(S(=O)(=O)c4ccccc4)CC3)nc(N3CCCC3)nc2cc1OCCCN1CCCCC1. The summed E-state index contributed by atoms with van der Waals surface area (Å²) in [5, 5.41) is 0.884. The molecule has 6 rings (SSSR count). The molecule has 42 heavy (non-hydrogen) atoms. The van der Waals surface area contributed by atoms with Gasteiger partial charge in [0.15, 0.2) is 11.5 Å². The summed E-state index contributed by atoms with van der Waals surface area (Å²) in [7, 11) is -1.88. The minimum absolute atomic E-state index is 0.329. The summed E-state index contributed by atoms with van der Waals surface area (Å²) in [5.41, 5.74) is 0.813. The average molecular weight is 595 g/mol. The van der Waals surface area contributed by atoms with Crippen LogP contribution in [0.2, 0.25) is 0 Å². The highest BCUT2D eigenvalue weighted by atomic mass is 32.2. The molecule has 0 unspecified atom stereocenters. The van der Waals surface area contributed by atoms with Gasteiger partial charge in [0.25, 0.3) is 0 Å². The summed E-state index contributed by atoms with van der Waals surface area (Å²) in [5.74, 6) is 2.88. The van der Waals surface area contributed by atoms with Crippen LogP contribution in [0.15, 0.2) is 47.4 Å². The normalized spacial score (nSPS) is 19.0. The molecule has 0 N–H and O–H groups in total. The zero-order valence-corrected chi connectivity index (χ0v) is 25.4. The smallest absolute Gasteiger partial charge is 0.243 e. The van der Waals surface area contributed by atoms with E-state index in [4.69, 9.17) is 19.4 Å². The summed E-state index contributed by atoms with van der Waals surface area (Å²) in [4.78, 5) is 17.3. The predicted octanol–water partition coefficient (Wildman–Crippen LogP) is 4.00. The first-order valence-corrected chi connectivity index (χ1v) is 16.8. The molecule has 0 atom stereocenters. The lowest BCUT2D eigenvalue weighted by molar-refractivity contribution is 0.203. The number of benzene rings is 2. The molecule has 3 aliphatic rings. The van der Waals surface area contributed by atoms with Gasteiger partial charge in [0.05, 0.1) is 24.1 Å². The minimum Gasteiger partial charge on any atom is -0.493 e. The Morgan fingerprint density at radius 1 is 0.786 bits per heavy atom. The summed E-state index contributed by atoms with van der Waals surface area (Å²) in [6, 6.07) is 12.6. The van der Waals surface area contributed by atoms with Crippen molar-refractivity contribution in [1.82, 2.24) is 19.2 Å². The molecule has 3 fully saturated rings. The molecule has 226 valence electrons. The Labute approximate surface area is 249 Å². The van der Waals surface area contributed by atoms with Crippen LogP contribution >= 0.6 is 0 Å². The van der Waals surface area contributed by atoms with E-state index >= 15 is 0 Å². The summed E-state index contributed by atoms with van der Waals surface area (Å²) >= 11 is 0. The number of aromatic nitrogens is 2. The second kappa shape index (κ2) is 13.0. The average Bonchev–Trinajstić information content (AvgIpc) is 3.58. The minimum atomic E-state index is -3.54. The van der Waals surface area contributed by atoms with Crippen LogP contribution in [0.25, 0.3) is 10.9 Å². The number of likely N-dealkylation sites (tertiary alicyclic amines) is 1. The van der Waals surface area contributed by atoms with Crippen molar-refractivity contribution < 1.29 is 17.9 Å².